The van der Waals surface area contributed by atoms with E-state index in [1.165, 1.54) is 82.6 Å². The quantitative estimate of drug-likeness (QED) is 0.304. The van der Waals surface area contributed by atoms with Gasteiger partial charge in [-0.1, -0.05) is 69.7 Å². The number of anilines is 2. The van der Waals surface area contributed by atoms with Crippen LogP contribution in [0.25, 0.3) is 0 Å². The van der Waals surface area contributed by atoms with Crippen molar-refractivity contribution < 1.29 is 4.74 Å². The van der Waals surface area contributed by atoms with E-state index in [-0.39, 0.29) is 0 Å². The van der Waals surface area contributed by atoms with Crippen molar-refractivity contribution in [3.63, 3.8) is 0 Å². The van der Waals surface area contributed by atoms with Crippen molar-refractivity contribution in [2.75, 3.05) is 11.5 Å². The number of rotatable bonds is 9. The minimum Gasteiger partial charge on any atom is -0.488 e. The van der Waals surface area contributed by atoms with Crippen LogP contribution in [0.5, 0.6) is 5.75 Å². The van der Waals surface area contributed by atoms with Gasteiger partial charge in [-0.2, -0.15) is 0 Å². The molecule has 0 bridgehead atoms. The average molecular weight is 449 g/mol. The van der Waals surface area contributed by atoms with Crippen molar-refractivity contribution in [3.8, 4) is 5.75 Å². The monoisotopic (exact) mass is 448 g/mol. The van der Waals surface area contributed by atoms with Crippen LogP contribution >= 0.6 is 0 Å². The van der Waals surface area contributed by atoms with E-state index >= 15 is 0 Å². The summed E-state index contributed by atoms with van der Waals surface area (Å²) < 4.78 is 6.37. The fourth-order valence-corrected chi connectivity index (χ4v) is 6.22. The largest absolute Gasteiger partial charge is 0.488 e. The molecule has 4 rings (SSSR count). The van der Waals surface area contributed by atoms with Gasteiger partial charge in [-0.3, -0.25) is 0 Å². The van der Waals surface area contributed by atoms with E-state index in [1.54, 1.807) is 0 Å². The first-order valence-electron chi connectivity index (χ1n) is 13.5. The molecule has 2 aliphatic carbocycles. The number of hydrogen-bond donors (Lipinski definition) is 2. The second-order valence-electron chi connectivity index (χ2n) is 10.7. The van der Waals surface area contributed by atoms with Crippen molar-refractivity contribution in [2.45, 2.75) is 96.5 Å². The maximum Gasteiger partial charge on any atom is 0.142 e. The first kappa shape index (κ1) is 24.0. The maximum absolute atomic E-state index is 6.37. The smallest absolute Gasteiger partial charge is 0.142 e. The molecule has 2 saturated carbocycles. The molecule has 0 saturated heterocycles. The number of unbranched alkanes of at least 4 members (excludes halogenated alkanes) is 2. The molecule has 2 aromatic rings. The molecule has 0 atom stereocenters. The molecule has 3 nitrogen and oxygen atoms in total. The topological polar surface area (TPSA) is 61.3 Å². The normalized spacial score (nSPS) is 25.6. The Balaban J connectivity index is 1.22. The van der Waals surface area contributed by atoms with Gasteiger partial charge in [-0.05, 0) is 92.0 Å². The van der Waals surface area contributed by atoms with E-state index in [2.05, 4.69) is 25.1 Å². The lowest BCUT2D eigenvalue weighted by Crippen LogP contribution is -2.30. The summed E-state index contributed by atoms with van der Waals surface area (Å²) in [5, 5.41) is 0. The Hall–Kier alpha value is -2.16. The highest BCUT2D eigenvalue weighted by atomic mass is 16.5. The van der Waals surface area contributed by atoms with Crippen molar-refractivity contribution in [3.05, 3.63) is 53.6 Å². The van der Waals surface area contributed by atoms with Crippen LogP contribution in [0.3, 0.4) is 0 Å². The second-order valence-corrected chi connectivity index (χ2v) is 10.7. The maximum atomic E-state index is 6.37. The van der Waals surface area contributed by atoms with Crippen LogP contribution in [0, 0.1) is 17.8 Å². The minimum absolute atomic E-state index is 0.310. The third-order valence-corrected chi connectivity index (χ3v) is 8.31. The molecular formula is C30H44N2O. The second kappa shape index (κ2) is 11.8. The third-order valence-electron chi connectivity index (χ3n) is 8.31. The fourth-order valence-electron chi connectivity index (χ4n) is 6.22. The first-order valence-corrected chi connectivity index (χ1v) is 13.5. The van der Waals surface area contributed by atoms with Gasteiger partial charge < -0.3 is 16.2 Å². The van der Waals surface area contributed by atoms with Crippen LogP contribution in [0.15, 0.2) is 42.5 Å². The van der Waals surface area contributed by atoms with Gasteiger partial charge in [-0.25, -0.2) is 0 Å². The van der Waals surface area contributed by atoms with Crippen LogP contribution in [0.1, 0.15) is 95.1 Å². The summed E-state index contributed by atoms with van der Waals surface area (Å²) in [6, 6.07) is 14.3. The van der Waals surface area contributed by atoms with E-state index in [9.17, 15) is 0 Å². The van der Waals surface area contributed by atoms with Crippen molar-refractivity contribution in [1.82, 2.24) is 0 Å². The van der Waals surface area contributed by atoms with Crippen LogP contribution in [0.4, 0.5) is 11.4 Å². The van der Waals surface area contributed by atoms with Crippen molar-refractivity contribution >= 4 is 11.4 Å². The molecule has 2 aromatic carbocycles. The lowest BCUT2D eigenvalue weighted by atomic mass is 9.70. The Morgan fingerprint density at radius 1 is 0.788 bits per heavy atom. The highest BCUT2D eigenvalue weighted by Crippen LogP contribution is 2.42. The van der Waals surface area contributed by atoms with Crippen molar-refractivity contribution in [1.29, 1.82) is 0 Å². The third kappa shape index (κ3) is 6.68. The summed E-state index contributed by atoms with van der Waals surface area (Å²) in [5.41, 5.74) is 16.4. The Labute approximate surface area is 201 Å². The summed E-state index contributed by atoms with van der Waals surface area (Å²) >= 11 is 0. The predicted molar refractivity (Wildman–Crippen MR) is 140 cm³/mol. The molecule has 2 fully saturated rings. The van der Waals surface area contributed by atoms with E-state index in [1.807, 2.05) is 24.3 Å². The number of para-hydroxylation sites is 1. The zero-order chi connectivity index (χ0) is 23.0. The Morgan fingerprint density at radius 2 is 1.48 bits per heavy atom. The summed E-state index contributed by atoms with van der Waals surface area (Å²) in [5.74, 6) is 3.73. The molecule has 0 amide bonds. The van der Waals surface area contributed by atoms with Crippen LogP contribution in [-0.4, -0.2) is 6.10 Å². The van der Waals surface area contributed by atoms with Gasteiger partial charge in [0.15, 0.2) is 0 Å². The van der Waals surface area contributed by atoms with Crippen LogP contribution in [0.2, 0.25) is 0 Å². The van der Waals surface area contributed by atoms with Gasteiger partial charge in [0.05, 0.1) is 11.8 Å². The molecule has 0 radical (unpaired) electrons. The molecule has 4 N–H and O–H groups in total. The fraction of sp³-hybridized carbons (Fsp3) is 0.600. The van der Waals surface area contributed by atoms with Gasteiger partial charge in [0, 0.05) is 5.69 Å². The lowest BCUT2D eigenvalue weighted by Gasteiger charge is -2.38. The van der Waals surface area contributed by atoms with Crippen molar-refractivity contribution in [2.24, 2.45) is 17.8 Å². The van der Waals surface area contributed by atoms with Gasteiger partial charge in [0.25, 0.3) is 0 Å². The Bertz CT molecular complexity index is 863. The predicted octanol–water partition coefficient (Wildman–Crippen LogP) is 7.77. The number of hydrogen-bond acceptors (Lipinski definition) is 3. The Morgan fingerprint density at radius 3 is 2.15 bits per heavy atom. The summed E-state index contributed by atoms with van der Waals surface area (Å²) in [6.45, 7) is 2.31. The highest BCUT2D eigenvalue weighted by Gasteiger charge is 2.31. The first-order chi connectivity index (χ1) is 16.1. The molecule has 2 aliphatic rings. The zero-order valence-electron chi connectivity index (χ0n) is 20.6. The molecule has 0 unspecified atom stereocenters. The van der Waals surface area contributed by atoms with E-state index in [0.717, 1.165) is 46.9 Å². The Kier molecular flexibility index (Phi) is 8.58. The molecule has 33 heavy (non-hydrogen) atoms. The summed E-state index contributed by atoms with van der Waals surface area (Å²) in [6.07, 6.45) is 17.6. The SMILES string of the molecule is CCCCCC1CCC(C2CCC(Oc3ccc(Cc4ccccc4N)cc3N)CC2)CC1. The molecule has 0 spiro atoms. The van der Waals surface area contributed by atoms with Crippen LogP contribution < -0.4 is 16.2 Å². The molecule has 0 aromatic heterocycles. The number of nitrogens with two attached hydrogens (primary N) is 2. The lowest BCUT2D eigenvalue weighted by molar-refractivity contribution is 0.0917. The molecule has 0 aliphatic heterocycles. The zero-order valence-corrected chi connectivity index (χ0v) is 20.6. The summed E-state index contributed by atoms with van der Waals surface area (Å²) in [4.78, 5) is 0. The van der Waals surface area contributed by atoms with E-state index in [0.29, 0.717) is 6.10 Å². The number of nitrogen functional groups attached to an aromatic ring is 2. The van der Waals surface area contributed by atoms with Gasteiger partial charge in [0.1, 0.15) is 5.75 Å². The van der Waals surface area contributed by atoms with E-state index in [4.69, 9.17) is 16.2 Å². The summed E-state index contributed by atoms with van der Waals surface area (Å²) in [7, 11) is 0. The molecule has 180 valence electrons. The minimum atomic E-state index is 0.310. The van der Waals surface area contributed by atoms with Gasteiger partial charge in [0.2, 0.25) is 0 Å². The number of ether oxygens (including phenoxy) is 1. The van der Waals surface area contributed by atoms with Gasteiger partial charge >= 0.3 is 0 Å². The average Bonchev–Trinajstić information content (AvgIpc) is 2.83. The molecular weight excluding hydrogens is 404 g/mol. The molecule has 3 heteroatoms. The van der Waals surface area contributed by atoms with Crippen LogP contribution in [-0.2, 0) is 6.42 Å². The molecule has 0 heterocycles. The van der Waals surface area contributed by atoms with E-state index < -0.39 is 0 Å². The number of benzene rings is 2. The highest BCUT2D eigenvalue weighted by molar-refractivity contribution is 5.56. The van der Waals surface area contributed by atoms with Gasteiger partial charge in [-0.15, -0.1) is 0 Å². The standard InChI is InChI=1S/C30H44N2O/c1-2-3-4-7-22-10-13-24(14-11-22)25-15-17-27(18-16-25)33-30-19-12-23(21-29(30)32)20-26-8-5-6-9-28(26)31/h5-6,8-9,12,19,21-22,24-25,27H,2-4,7,10-11,13-18,20,31-32H2,1H3.